The number of carbonyl (C=O) groups is 1. The second-order valence-corrected chi connectivity index (χ2v) is 8.74. The van der Waals surface area contributed by atoms with Gasteiger partial charge in [-0.2, -0.15) is 0 Å². The molecule has 0 radical (unpaired) electrons. The number of rotatable bonds is 7. The fourth-order valence-corrected chi connectivity index (χ4v) is 4.65. The van der Waals surface area contributed by atoms with Crippen molar-refractivity contribution in [3.8, 4) is 11.5 Å². The van der Waals surface area contributed by atoms with Crippen molar-refractivity contribution < 1.29 is 18.7 Å². The first-order valence-electron chi connectivity index (χ1n) is 11.6. The number of amides is 1. The van der Waals surface area contributed by atoms with Crippen LogP contribution in [0.4, 0.5) is 0 Å². The lowest BCUT2D eigenvalue weighted by molar-refractivity contribution is -0.132. The number of furan rings is 1. The molecule has 0 bridgehead atoms. The van der Waals surface area contributed by atoms with E-state index in [4.69, 9.17) is 13.9 Å². The van der Waals surface area contributed by atoms with Crippen molar-refractivity contribution in [2.24, 2.45) is 0 Å². The van der Waals surface area contributed by atoms with E-state index in [1.165, 1.54) is 12.0 Å². The van der Waals surface area contributed by atoms with Crippen LogP contribution in [0.5, 0.6) is 11.5 Å². The molecule has 7 heteroatoms. The summed E-state index contributed by atoms with van der Waals surface area (Å²) < 4.78 is 16.4. The van der Waals surface area contributed by atoms with Gasteiger partial charge in [-0.05, 0) is 55.5 Å². The van der Waals surface area contributed by atoms with Gasteiger partial charge in [0, 0.05) is 38.4 Å². The number of piperazine rings is 1. The number of nitrogens with zero attached hydrogens (tertiary/aromatic N) is 3. The molecule has 32 heavy (non-hydrogen) atoms. The standard InChI is InChI=1S/C25H31N3O4/c29-25(28(17-22-7-4-14-30-22)21-5-2-1-3-6-21)18-27-12-10-26(11-13-27)16-20-8-9-23-24(15-20)32-19-31-23/h4-5,7-9,14-15H,1-3,6,10-13,16-19H2. The highest BCUT2D eigenvalue weighted by Crippen LogP contribution is 2.33. The summed E-state index contributed by atoms with van der Waals surface area (Å²) in [5.74, 6) is 2.65. The van der Waals surface area contributed by atoms with Crippen molar-refractivity contribution in [2.45, 2.75) is 38.8 Å². The van der Waals surface area contributed by atoms with Gasteiger partial charge in [-0.1, -0.05) is 12.1 Å². The molecule has 0 spiro atoms. The third-order valence-corrected chi connectivity index (χ3v) is 6.48. The molecule has 5 rings (SSSR count). The summed E-state index contributed by atoms with van der Waals surface area (Å²) >= 11 is 0. The van der Waals surface area contributed by atoms with Crippen LogP contribution in [0, 0.1) is 0 Å². The highest BCUT2D eigenvalue weighted by molar-refractivity contribution is 5.80. The molecule has 3 heterocycles. The predicted molar refractivity (Wildman–Crippen MR) is 120 cm³/mol. The SMILES string of the molecule is O=C(CN1CCN(Cc2ccc3c(c2)OCO3)CC1)N(Cc1ccco1)C1=CCCCC1. The van der Waals surface area contributed by atoms with Crippen LogP contribution in [-0.2, 0) is 17.9 Å². The van der Waals surface area contributed by atoms with Gasteiger partial charge < -0.3 is 18.8 Å². The van der Waals surface area contributed by atoms with Crippen LogP contribution in [0.15, 0.2) is 52.8 Å². The quantitative estimate of drug-likeness (QED) is 0.660. The molecule has 3 aliphatic rings. The maximum absolute atomic E-state index is 13.3. The van der Waals surface area contributed by atoms with Gasteiger partial charge in [0.2, 0.25) is 12.7 Å². The molecule has 1 saturated heterocycles. The van der Waals surface area contributed by atoms with Gasteiger partial charge in [-0.15, -0.1) is 0 Å². The second kappa shape index (κ2) is 9.79. The largest absolute Gasteiger partial charge is 0.467 e. The van der Waals surface area contributed by atoms with Crippen LogP contribution >= 0.6 is 0 Å². The van der Waals surface area contributed by atoms with Gasteiger partial charge in [-0.3, -0.25) is 14.6 Å². The molecule has 1 aliphatic carbocycles. The number of ether oxygens (including phenoxy) is 2. The Hall–Kier alpha value is -2.77. The van der Waals surface area contributed by atoms with Gasteiger partial charge in [0.1, 0.15) is 5.76 Å². The average molecular weight is 438 g/mol. The fraction of sp³-hybridized carbons (Fsp3) is 0.480. The average Bonchev–Trinajstić information content (AvgIpc) is 3.51. The van der Waals surface area contributed by atoms with E-state index in [-0.39, 0.29) is 5.91 Å². The summed E-state index contributed by atoms with van der Waals surface area (Å²) in [6.45, 7) is 5.84. The lowest BCUT2D eigenvalue weighted by Crippen LogP contribution is -2.49. The Morgan fingerprint density at radius 2 is 1.84 bits per heavy atom. The lowest BCUT2D eigenvalue weighted by atomic mass is 10.0. The highest BCUT2D eigenvalue weighted by Gasteiger charge is 2.25. The van der Waals surface area contributed by atoms with E-state index in [0.717, 1.165) is 74.9 Å². The summed E-state index contributed by atoms with van der Waals surface area (Å²) in [5.41, 5.74) is 2.38. The Kier molecular flexibility index (Phi) is 6.46. The van der Waals surface area contributed by atoms with Crippen LogP contribution < -0.4 is 9.47 Å². The minimum absolute atomic E-state index is 0.166. The summed E-state index contributed by atoms with van der Waals surface area (Å²) in [7, 11) is 0. The first kappa shape index (κ1) is 21.1. The van der Waals surface area contributed by atoms with Crippen molar-refractivity contribution in [3.63, 3.8) is 0 Å². The van der Waals surface area contributed by atoms with Crippen LogP contribution in [0.1, 0.15) is 37.0 Å². The maximum atomic E-state index is 13.3. The minimum atomic E-state index is 0.166. The maximum Gasteiger partial charge on any atom is 0.241 e. The molecule has 0 N–H and O–H groups in total. The van der Waals surface area contributed by atoms with Crippen LogP contribution in [-0.4, -0.2) is 60.1 Å². The van der Waals surface area contributed by atoms with Gasteiger partial charge in [-0.25, -0.2) is 0 Å². The predicted octanol–water partition coefficient (Wildman–Crippen LogP) is 3.61. The lowest BCUT2D eigenvalue weighted by Gasteiger charge is -2.36. The minimum Gasteiger partial charge on any atom is -0.467 e. The summed E-state index contributed by atoms with van der Waals surface area (Å²) in [6.07, 6.45) is 8.27. The first-order chi connectivity index (χ1) is 15.7. The van der Waals surface area contributed by atoms with Crippen LogP contribution in [0.3, 0.4) is 0 Å². The fourth-order valence-electron chi connectivity index (χ4n) is 4.65. The molecule has 0 saturated carbocycles. The number of benzene rings is 1. The number of fused-ring (bicyclic) bond motifs is 1. The molecule has 0 unspecified atom stereocenters. The molecule has 2 aliphatic heterocycles. The number of hydrogen-bond donors (Lipinski definition) is 0. The molecule has 1 aromatic carbocycles. The van der Waals surface area contributed by atoms with E-state index in [1.807, 2.05) is 23.1 Å². The second-order valence-electron chi connectivity index (χ2n) is 8.74. The first-order valence-corrected chi connectivity index (χ1v) is 11.6. The Labute approximate surface area is 189 Å². The van der Waals surface area contributed by atoms with E-state index in [0.29, 0.717) is 19.9 Å². The van der Waals surface area contributed by atoms with E-state index >= 15 is 0 Å². The Morgan fingerprint density at radius 3 is 2.62 bits per heavy atom. The molecule has 1 fully saturated rings. The van der Waals surface area contributed by atoms with Crippen LogP contribution in [0.2, 0.25) is 0 Å². The molecule has 1 aromatic heterocycles. The van der Waals surface area contributed by atoms with E-state index < -0.39 is 0 Å². The van der Waals surface area contributed by atoms with Gasteiger partial charge >= 0.3 is 0 Å². The molecule has 170 valence electrons. The zero-order chi connectivity index (χ0) is 21.8. The molecule has 2 aromatic rings. The number of allylic oxidation sites excluding steroid dienone is 2. The Morgan fingerprint density at radius 1 is 1.00 bits per heavy atom. The molecule has 1 amide bonds. The van der Waals surface area contributed by atoms with E-state index in [2.05, 4.69) is 28.0 Å². The number of carbonyl (C=O) groups excluding carboxylic acids is 1. The third kappa shape index (κ3) is 5.00. The zero-order valence-corrected chi connectivity index (χ0v) is 18.5. The van der Waals surface area contributed by atoms with Crippen LogP contribution in [0.25, 0.3) is 0 Å². The summed E-state index contributed by atoms with van der Waals surface area (Å²) in [6, 6.07) is 9.99. The Balaban J connectivity index is 1.15. The Bertz CT molecular complexity index is 948. The molecule has 0 atom stereocenters. The van der Waals surface area contributed by atoms with Crippen molar-refractivity contribution >= 4 is 5.91 Å². The monoisotopic (exact) mass is 437 g/mol. The van der Waals surface area contributed by atoms with Crippen molar-refractivity contribution in [2.75, 3.05) is 39.5 Å². The van der Waals surface area contributed by atoms with E-state index in [9.17, 15) is 4.79 Å². The van der Waals surface area contributed by atoms with Crippen molar-refractivity contribution in [1.82, 2.24) is 14.7 Å². The zero-order valence-electron chi connectivity index (χ0n) is 18.5. The topological polar surface area (TPSA) is 58.4 Å². The third-order valence-electron chi connectivity index (χ3n) is 6.48. The normalized spacial score (nSPS) is 19.1. The van der Waals surface area contributed by atoms with Gasteiger partial charge in [0.15, 0.2) is 11.5 Å². The van der Waals surface area contributed by atoms with Gasteiger partial charge in [0.25, 0.3) is 0 Å². The molecular formula is C25H31N3O4. The van der Waals surface area contributed by atoms with Crippen molar-refractivity contribution in [1.29, 1.82) is 0 Å². The van der Waals surface area contributed by atoms with Gasteiger partial charge in [0.05, 0.1) is 19.4 Å². The highest BCUT2D eigenvalue weighted by atomic mass is 16.7. The molecular weight excluding hydrogens is 406 g/mol. The smallest absolute Gasteiger partial charge is 0.241 e. The number of hydrogen-bond acceptors (Lipinski definition) is 6. The molecule has 7 nitrogen and oxygen atoms in total. The summed E-state index contributed by atoms with van der Waals surface area (Å²) in [5, 5.41) is 0. The summed E-state index contributed by atoms with van der Waals surface area (Å²) in [4.78, 5) is 19.9. The van der Waals surface area contributed by atoms with E-state index in [1.54, 1.807) is 6.26 Å². The van der Waals surface area contributed by atoms with Crippen molar-refractivity contribution in [3.05, 3.63) is 59.7 Å².